The Labute approximate surface area is 211 Å². The molecule has 10 nitrogen and oxygen atoms in total. The molecule has 1 aromatic carbocycles. The number of carbonyl (C=O) groups excluding carboxylic acids is 1. The third kappa shape index (κ3) is 5.15. The topological polar surface area (TPSA) is 117 Å². The first kappa shape index (κ1) is 24.5. The van der Waals surface area contributed by atoms with Crippen molar-refractivity contribution >= 4 is 29.1 Å². The summed E-state index contributed by atoms with van der Waals surface area (Å²) >= 11 is 0. The Morgan fingerprint density at radius 3 is 2.67 bits per heavy atom. The predicted molar refractivity (Wildman–Crippen MR) is 138 cm³/mol. The van der Waals surface area contributed by atoms with Crippen LogP contribution in [0.1, 0.15) is 56.6 Å². The van der Waals surface area contributed by atoms with Gasteiger partial charge in [0, 0.05) is 43.5 Å². The molecule has 0 radical (unpaired) electrons. The largest absolute Gasteiger partial charge is 0.394 e. The minimum Gasteiger partial charge on any atom is -0.394 e. The summed E-state index contributed by atoms with van der Waals surface area (Å²) in [6, 6.07) is 7.88. The van der Waals surface area contributed by atoms with Crippen LogP contribution in [0.5, 0.6) is 0 Å². The van der Waals surface area contributed by atoms with E-state index in [4.69, 9.17) is 14.7 Å². The van der Waals surface area contributed by atoms with Crippen LogP contribution in [0.2, 0.25) is 0 Å². The van der Waals surface area contributed by atoms with Gasteiger partial charge in [-0.25, -0.2) is 0 Å². The average Bonchev–Trinajstić information content (AvgIpc) is 3.56. The van der Waals surface area contributed by atoms with Gasteiger partial charge in [-0.3, -0.25) is 4.79 Å². The Bertz CT molecular complexity index is 1190. The standard InChI is InChI=1S/C26H35N7O3/c1-17(2)22-15-28-33-23(22)30-26(32-11-3-4-21(32)16-34)31-25(33)27-14-18-5-7-20(8-6-18)29-24(35)19-9-12-36-13-10-19/h5-8,15,17,19,21,34H,3-4,9-14,16H2,1-2H3,(H,29,35)(H,27,30,31)/t21-/m1/s1. The van der Waals surface area contributed by atoms with Crippen molar-refractivity contribution in [3.8, 4) is 0 Å². The summed E-state index contributed by atoms with van der Waals surface area (Å²) in [5.74, 6) is 1.58. The molecule has 4 heterocycles. The minimum atomic E-state index is 0.0142. The number of fused-ring (bicyclic) bond motifs is 1. The van der Waals surface area contributed by atoms with E-state index in [0.717, 1.165) is 54.7 Å². The van der Waals surface area contributed by atoms with Crippen molar-refractivity contribution < 1.29 is 14.6 Å². The van der Waals surface area contributed by atoms with E-state index in [1.54, 1.807) is 4.52 Å². The number of nitrogens with one attached hydrogen (secondary N) is 2. The minimum absolute atomic E-state index is 0.0142. The lowest BCUT2D eigenvalue weighted by Gasteiger charge is -2.23. The van der Waals surface area contributed by atoms with Gasteiger partial charge in [-0.15, -0.1) is 0 Å². The summed E-state index contributed by atoms with van der Waals surface area (Å²) in [5, 5.41) is 20.8. The molecule has 10 heteroatoms. The maximum Gasteiger partial charge on any atom is 0.231 e. The van der Waals surface area contributed by atoms with Crippen LogP contribution < -0.4 is 15.5 Å². The molecule has 2 aliphatic rings. The van der Waals surface area contributed by atoms with E-state index in [0.29, 0.717) is 31.7 Å². The van der Waals surface area contributed by atoms with E-state index < -0.39 is 0 Å². The van der Waals surface area contributed by atoms with Crippen LogP contribution in [0.25, 0.3) is 5.65 Å². The SMILES string of the molecule is CC(C)c1cnn2c(NCc3ccc(NC(=O)C4CCOCC4)cc3)nc(N3CCC[C@@H]3CO)nc12. The second-order valence-electron chi connectivity index (χ2n) is 9.94. The molecule has 2 aliphatic heterocycles. The predicted octanol–water partition coefficient (Wildman–Crippen LogP) is 3.19. The number of anilines is 3. The molecular formula is C26H35N7O3. The van der Waals surface area contributed by atoms with Crippen molar-refractivity contribution in [2.75, 3.05) is 41.9 Å². The number of benzene rings is 1. The van der Waals surface area contributed by atoms with Crippen molar-refractivity contribution in [1.29, 1.82) is 0 Å². The molecule has 1 atom stereocenters. The van der Waals surface area contributed by atoms with Crippen LogP contribution in [-0.2, 0) is 16.1 Å². The molecule has 3 aromatic rings. The van der Waals surface area contributed by atoms with Crippen molar-refractivity contribution in [3.63, 3.8) is 0 Å². The number of aromatic nitrogens is 4. The highest BCUT2D eigenvalue weighted by Crippen LogP contribution is 2.27. The van der Waals surface area contributed by atoms with Crippen LogP contribution in [0, 0.1) is 5.92 Å². The van der Waals surface area contributed by atoms with E-state index in [9.17, 15) is 9.90 Å². The lowest BCUT2D eigenvalue weighted by atomic mass is 9.99. The van der Waals surface area contributed by atoms with Crippen molar-refractivity contribution in [1.82, 2.24) is 19.6 Å². The van der Waals surface area contributed by atoms with Crippen molar-refractivity contribution in [2.45, 2.75) is 58.0 Å². The average molecular weight is 494 g/mol. The lowest BCUT2D eigenvalue weighted by Crippen LogP contribution is -2.34. The molecular weight excluding hydrogens is 458 g/mol. The molecule has 192 valence electrons. The molecule has 2 aromatic heterocycles. The number of hydrogen-bond acceptors (Lipinski definition) is 8. The number of amides is 1. The summed E-state index contributed by atoms with van der Waals surface area (Å²) in [4.78, 5) is 24.2. The summed E-state index contributed by atoms with van der Waals surface area (Å²) in [5.41, 5.74) is 3.69. The highest BCUT2D eigenvalue weighted by molar-refractivity contribution is 5.92. The van der Waals surface area contributed by atoms with E-state index in [2.05, 4.69) is 34.5 Å². The Morgan fingerprint density at radius 2 is 1.94 bits per heavy atom. The van der Waals surface area contributed by atoms with Gasteiger partial charge in [0.05, 0.1) is 18.8 Å². The Hall–Kier alpha value is -3.24. The maximum atomic E-state index is 12.5. The Morgan fingerprint density at radius 1 is 1.17 bits per heavy atom. The van der Waals surface area contributed by atoms with Gasteiger partial charge in [-0.05, 0) is 49.3 Å². The fourth-order valence-electron chi connectivity index (χ4n) is 4.91. The molecule has 0 saturated carbocycles. The third-order valence-corrected chi connectivity index (χ3v) is 7.11. The second kappa shape index (κ2) is 10.8. The highest BCUT2D eigenvalue weighted by Gasteiger charge is 2.28. The smallest absolute Gasteiger partial charge is 0.231 e. The third-order valence-electron chi connectivity index (χ3n) is 7.11. The molecule has 5 rings (SSSR count). The number of ether oxygens (including phenoxy) is 1. The molecule has 1 amide bonds. The summed E-state index contributed by atoms with van der Waals surface area (Å²) in [6.45, 7) is 7.00. The van der Waals surface area contributed by atoms with Crippen LogP contribution in [0.15, 0.2) is 30.5 Å². The highest BCUT2D eigenvalue weighted by atomic mass is 16.5. The maximum absolute atomic E-state index is 12.5. The monoisotopic (exact) mass is 493 g/mol. The van der Waals surface area contributed by atoms with Crippen LogP contribution in [-0.4, -0.2) is 63.0 Å². The molecule has 36 heavy (non-hydrogen) atoms. The van der Waals surface area contributed by atoms with E-state index in [-0.39, 0.29) is 30.4 Å². The zero-order valence-corrected chi connectivity index (χ0v) is 21.0. The van der Waals surface area contributed by atoms with E-state index in [1.165, 1.54) is 0 Å². The summed E-state index contributed by atoms with van der Waals surface area (Å²) in [7, 11) is 0. The molecule has 0 bridgehead atoms. The molecule has 0 unspecified atom stereocenters. The number of carbonyl (C=O) groups is 1. The fraction of sp³-hybridized carbons (Fsp3) is 0.538. The van der Waals surface area contributed by atoms with Gasteiger partial charge in [0.2, 0.25) is 17.8 Å². The van der Waals surface area contributed by atoms with Crippen LogP contribution >= 0.6 is 0 Å². The van der Waals surface area contributed by atoms with E-state index in [1.807, 2.05) is 30.5 Å². The molecule has 2 fully saturated rings. The van der Waals surface area contributed by atoms with Gasteiger partial charge in [0.1, 0.15) is 0 Å². The normalized spacial score (nSPS) is 18.8. The van der Waals surface area contributed by atoms with Gasteiger partial charge >= 0.3 is 0 Å². The number of hydrogen-bond donors (Lipinski definition) is 3. The molecule has 2 saturated heterocycles. The Kier molecular flexibility index (Phi) is 7.33. The van der Waals surface area contributed by atoms with Gasteiger partial charge in [-0.2, -0.15) is 19.6 Å². The zero-order valence-electron chi connectivity index (χ0n) is 21.0. The lowest BCUT2D eigenvalue weighted by molar-refractivity contribution is -0.122. The number of aliphatic hydroxyl groups excluding tert-OH is 1. The molecule has 3 N–H and O–H groups in total. The number of rotatable bonds is 8. The second-order valence-corrected chi connectivity index (χ2v) is 9.94. The van der Waals surface area contributed by atoms with Crippen LogP contribution in [0.3, 0.4) is 0 Å². The van der Waals surface area contributed by atoms with Crippen LogP contribution in [0.4, 0.5) is 17.6 Å². The number of nitrogens with zero attached hydrogens (tertiary/aromatic N) is 5. The summed E-state index contributed by atoms with van der Waals surface area (Å²) in [6.07, 6.45) is 5.34. The Balaban J connectivity index is 1.32. The first-order chi connectivity index (χ1) is 17.5. The van der Waals surface area contributed by atoms with Crippen molar-refractivity contribution in [3.05, 3.63) is 41.6 Å². The van der Waals surface area contributed by atoms with Gasteiger partial charge in [-0.1, -0.05) is 26.0 Å². The van der Waals surface area contributed by atoms with Gasteiger partial charge in [0.25, 0.3) is 0 Å². The van der Waals surface area contributed by atoms with Gasteiger partial charge in [0.15, 0.2) is 5.65 Å². The number of aliphatic hydroxyl groups is 1. The van der Waals surface area contributed by atoms with Gasteiger partial charge < -0.3 is 25.4 Å². The first-order valence-electron chi connectivity index (χ1n) is 12.9. The van der Waals surface area contributed by atoms with Crippen molar-refractivity contribution in [2.24, 2.45) is 5.92 Å². The molecule has 0 aliphatic carbocycles. The quantitative estimate of drug-likeness (QED) is 0.438. The zero-order chi connectivity index (χ0) is 25.1. The van der Waals surface area contributed by atoms with E-state index >= 15 is 0 Å². The summed E-state index contributed by atoms with van der Waals surface area (Å²) < 4.78 is 7.11. The fourth-order valence-corrected chi connectivity index (χ4v) is 4.91. The first-order valence-corrected chi connectivity index (χ1v) is 12.9. The molecule has 0 spiro atoms.